The number of rotatable bonds is 7. The topological polar surface area (TPSA) is 73.1 Å². The lowest BCUT2D eigenvalue weighted by Gasteiger charge is -2.21. The van der Waals surface area contributed by atoms with Gasteiger partial charge in [-0.2, -0.15) is 5.26 Å². The molecule has 0 aliphatic carbocycles. The minimum atomic E-state index is -0.870. The van der Waals surface area contributed by atoms with Crippen molar-refractivity contribution in [1.82, 2.24) is 5.32 Å². The molecule has 0 atom stereocenters. The summed E-state index contributed by atoms with van der Waals surface area (Å²) >= 11 is 0. The molecule has 0 heterocycles. The molecule has 4 nitrogen and oxygen atoms in total. The first kappa shape index (κ1) is 14.9. The monoisotopic (exact) mass is 226 g/mol. The molecule has 0 aromatic heterocycles. The Morgan fingerprint density at radius 2 is 1.88 bits per heavy atom. The van der Waals surface area contributed by atoms with E-state index in [1.165, 1.54) is 0 Å². The summed E-state index contributed by atoms with van der Waals surface area (Å²) < 4.78 is 0. The zero-order chi connectivity index (χ0) is 12.8. The van der Waals surface area contributed by atoms with Crippen LogP contribution in [-0.2, 0) is 4.79 Å². The van der Waals surface area contributed by atoms with Gasteiger partial charge < -0.3 is 10.4 Å². The summed E-state index contributed by atoms with van der Waals surface area (Å²) in [6.07, 6.45) is 2.67. The molecular formula is C12H22N2O2. The van der Waals surface area contributed by atoms with E-state index in [2.05, 4.69) is 11.4 Å². The van der Waals surface area contributed by atoms with Crippen molar-refractivity contribution in [2.75, 3.05) is 6.54 Å². The first-order chi connectivity index (χ1) is 7.21. The van der Waals surface area contributed by atoms with Crippen LogP contribution >= 0.6 is 0 Å². The van der Waals surface area contributed by atoms with Crippen LogP contribution in [0.2, 0.25) is 0 Å². The molecule has 16 heavy (non-hydrogen) atoms. The SMILES string of the molecule is CC(C)(C#N)CCCCNC(C)(C)C(=O)O. The maximum atomic E-state index is 10.8. The second-order valence-corrected chi connectivity index (χ2v) is 5.31. The highest BCUT2D eigenvalue weighted by atomic mass is 16.4. The Morgan fingerprint density at radius 1 is 1.31 bits per heavy atom. The molecule has 0 saturated heterocycles. The van der Waals surface area contributed by atoms with Gasteiger partial charge in [0, 0.05) is 0 Å². The highest BCUT2D eigenvalue weighted by Gasteiger charge is 2.25. The lowest BCUT2D eigenvalue weighted by molar-refractivity contribution is -0.143. The Morgan fingerprint density at radius 3 is 2.31 bits per heavy atom. The van der Waals surface area contributed by atoms with E-state index in [0.717, 1.165) is 19.3 Å². The van der Waals surface area contributed by atoms with Crippen LogP contribution in [0.5, 0.6) is 0 Å². The zero-order valence-corrected chi connectivity index (χ0v) is 10.6. The Bertz CT molecular complexity index is 277. The summed E-state index contributed by atoms with van der Waals surface area (Å²) in [6.45, 7) is 7.80. The zero-order valence-electron chi connectivity index (χ0n) is 10.6. The normalized spacial score (nSPS) is 12.2. The van der Waals surface area contributed by atoms with Crippen LogP contribution < -0.4 is 5.32 Å². The molecule has 4 heteroatoms. The van der Waals surface area contributed by atoms with E-state index in [9.17, 15) is 4.79 Å². The molecular weight excluding hydrogens is 204 g/mol. The Kier molecular flexibility index (Phi) is 5.46. The molecule has 0 aromatic rings. The summed E-state index contributed by atoms with van der Waals surface area (Å²) in [4.78, 5) is 10.8. The van der Waals surface area contributed by atoms with E-state index in [1.54, 1.807) is 13.8 Å². The summed E-state index contributed by atoms with van der Waals surface area (Å²) in [6, 6.07) is 2.25. The van der Waals surface area contributed by atoms with Gasteiger partial charge in [-0.25, -0.2) is 0 Å². The Labute approximate surface area is 97.7 Å². The molecule has 0 radical (unpaired) electrons. The number of nitrogens with zero attached hydrogens (tertiary/aromatic N) is 1. The van der Waals surface area contributed by atoms with Crippen LogP contribution in [0.3, 0.4) is 0 Å². The fourth-order valence-corrected chi connectivity index (χ4v) is 1.22. The van der Waals surface area contributed by atoms with E-state index < -0.39 is 11.5 Å². The molecule has 0 aliphatic heterocycles. The number of carboxylic acids is 1. The van der Waals surface area contributed by atoms with Crippen molar-refractivity contribution in [3.63, 3.8) is 0 Å². The summed E-state index contributed by atoms with van der Waals surface area (Å²) in [5.74, 6) is -0.843. The van der Waals surface area contributed by atoms with Gasteiger partial charge in [-0.15, -0.1) is 0 Å². The number of nitriles is 1. The van der Waals surface area contributed by atoms with Crippen LogP contribution in [0.15, 0.2) is 0 Å². The standard InChI is InChI=1S/C12H22N2O2/c1-11(2,9-13)7-5-6-8-14-12(3,4)10(15)16/h14H,5-8H2,1-4H3,(H,15,16). The lowest BCUT2D eigenvalue weighted by atomic mass is 9.89. The molecule has 2 N–H and O–H groups in total. The van der Waals surface area contributed by atoms with Crippen molar-refractivity contribution >= 4 is 5.97 Å². The van der Waals surface area contributed by atoms with Gasteiger partial charge >= 0.3 is 5.97 Å². The number of hydrogen-bond acceptors (Lipinski definition) is 3. The third kappa shape index (κ3) is 5.72. The number of nitrogens with one attached hydrogen (secondary N) is 1. The van der Waals surface area contributed by atoms with Gasteiger partial charge in [0.1, 0.15) is 5.54 Å². The molecule has 0 bridgehead atoms. The van der Waals surface area contributed by atoms with Gasteiger partial charge in [-0.1, -0.05) is 6.42 Å². The van der Waals surface area contributed by atoms with E-state index in [1.807, 2.05) is 13.8 Å². The Hall–Kier alpha value is -1.08. The summed E-state index contributed by atoms with van der Waals surface area (Å²) in [7, 11) is 0. The molecule has 0 aliphatic rings. The lowest BCUT2D eigenvalue weighted by Crippen LogP contribution is -2.47. The highest BCUT2D eigenvalue weighted by molar-refractivity contribution is 5.77. The number of carbonyl (C=O) groups is 1. The quantitative estimate of drug-likeness (QED) is 0.652. The van der Waals surface area contributed by atoms with E-state index in [4.69, 9.17) is 10.4 Å². The van der Waals surface area contributed by atoms with Crippen LogP contribution in [0, 0.1) is 16.7 Å². The maximum absolute atomic E-state index is 10.8. The number of aliphatic carboxylic acids is 1. The van der Waals surface area contributed by atoms with E-state index in [0.29, 0.717) is 6.54 Å². The molecule has 0 saturated carbocycles. The van der Waals surface area contributed by atoms with Gasteiger partial charge in [-0.05, 0) is 47.1 Å². The summed E-state index contributed by atoms with van der Waals surface area (Å²) in [5, 5.41) is 20.6. The van der Waals surface area contributed by atoms with Crippen molar-refractivity contribution in [2.24, 2.45) is 5.41 Å². The van der Waals surface area contributed by atoms with Gasteiger partial charge in [0.05, 0.1) is 11.5 Å². The van der Waals surface area contributed by atoms with Gasteiger partial charge in [-0.3, -0.25) is 4.79 Å². The average molecular weight is 226 g/mol. The van der Waals surface area contributed by atoms with Crippen LogP contribution in [0.25, 0.3) is 0 Å². The van der Waals surface area contributed by atoms with Gasteiger partial charge in [0.15, 0.2) is 0 Å². The predicted molar refractivity (Wildman–Crippen MR) is 63.0 cm³/mol. The first-order valence-corrected chi connectivity index (χ1v) is 5.61. The molecule has 0 unspecified atom stereocenters. The molecule has 0 fully saturated rings. The maximum Gasteiger partial charge on any atom is 0.323 e. The van der Waals surface area contributed by atoms with Crippen molar-refractivity contribution in [3.05, 3.63) is 0 Å². The van der Waals surface area contributed by atoms with E-state index >= 15 is 0 Å². The minimum Gasteiger partial charge on any atom is -0.480 e. The number of hydrogen-bond donors (Lipinski definition) is 2. The van der Waals surface area contributed by atoms with Gasteiger partial charge in [0.2, 0.25) is 0 Å². The van der Waals surface area contributed by atoms with Crippen LogP contribution in [0.1, 0.15) is 47.0 Å². The molecule has 92 valence electrons. The van der Waals surface area contributed by atoms with Crippen molar-refractivity contribution < 1.29 is 9.90 Å². The average Bonchev–Trinajstić information content (AvgIpc) is 2.16. The fourth-order valence-electron chi connectivity index (χ4n) is 1.22. The van der Waals surface area contributed by atoms with Crippen LogP contribution in [-0.4, -0.2) is 23.2 Å². The largest absolute Gasteiger partial charge is 0.480 e. The van der Waals surface area contributed by atoms with E-state index in [-0.39, 0.29) is 5.41 Å². The molecule has 0 amide bonds. The third-order valence-corrected chi connectivity index (χ3v) is 2.63. The molecule has 0 aromatic carbocycles. The third-order valence-electron chi connectivity index (χ3n) is 2.63. The van der Waals surface area contributed by atoms with Crippen molar-refractivity contribution in [1.29, 1.82) is 5.26 Å². The Balaban J connectivity index is 3.71. The molecule has 0 rings (SSSR count). The second-order valence-electron chi connectivity index (χ2n) is 5.31. The van der Waals surface area contributed by atoms with Crippen molar-refractivity contribution in [2.45, 2.75) is 52.5 Å². The second kappa shape index (κ2) is 5.86. The van der Waals surface area contributed by atoms with Crippen LogP contribution in [0.4, 0.5) is 0 Å². The molecule has 0 spiro atoms. The van der Waals surface area contributed by atoms with Crippen molar-refractivity contribution in [3.8, 4) is 6.07 Å². The minimum absolute atomic E-state index is 0.275. The number of unbranched alkanes of at least 4 members (excludes halogenated alkanes) is 1. The summed E-state index contributed by atoms with van der Waals surface area (Å²) in [5.41, 5.74) is -1.15. The smallest absolute Gasteiger partial charge is 0.323 e. The first-order valence-electron chi connectivity index (χ1n) is 5.61. The fraction of sp³-hybridized carbons (Fsp3) is 0.833. The van der Waals surface area contributed by atoms with Gasteiger partial charge in [0.25, 0.3) is 0 Å². The number of carboxylic acid groups (broad SMARTS) is 1. The highest BCUT2D eigenvalue weighted by Crippen LogP contribution is 2.21. The predicted octanol–water partition coefficient (Wildman–Crippen LogP) is 2.16.